The first kappa shape index (κ1) is 26.4. The van der Waals surface area contributed by atoms with Gasteiger partial charge in [0.2, 0.25) is 11.9 Å². The van der Waals surface area contributed by atoms with Crippen LogP contribution in [0.4, 0.5) is 5.95 Å². The fraction of sp³-hybridized carbons (Fsp3) is 0.393. The molecule has 1 atom stereocenters. The van der Waals surface area contributed by atoms with Gasteiger partial charge in [-0.15, -0.1) is 0 Å². The molecule has 1 unspecified atom stereocenters. The summed E-state index contributed by atoms with van der Waals surface area (Å²) in [5.74, 6) is -0.774. The number of hydrogen-bond acceptors (Lipinski definition) is 7. The number of para-hydroxylation sites is 1. The van der Waals surface area contributed by atoms with Crippen LogP contribution >= 0.6 is 11.8 Å². The Hall–Kier alpha value is -3.18. The van der Waals surface area contributed by atoms with Gasteiger partial charge >= 0.3 is 0 Å². The highest BCUT2D eigenvalue weighted by molar-refractivity contribution is 7.99. The molecule has 3 N–H and O–H groups in total. The van der Waals surface area contributed by atoms with Gasteiger partial charge in [0.05, 0.1) is 22.6 Å². The number of aromatic nitrogens is 2. The van der Waals surface area contributed by atoms with Crippen molar-refractivity contribution in [2.45, 2.75) is 31.2 Å². The Balaban J connectivity index is 1.64. The van der Waals surface area contributed by atoms with Crippen molar-refractivity contribution >= 4 is 40.6 Å². The van der Waals surface area contributed by atoms with E-state index >= 15 is 0 Å². The zero-order chi connectivity index (χ0) is 26.7. The first-order chi connectivity index (χ1) is 18.4. The average molecular weight is 536 g/mol. The van der Waals surface area contributed by atoms with E-state index in [2.05, 4.69) is 11.9 Å². The Labute approximate surface area is 226 Å². The summed E-state index contributed by atoms with van der Waals surface area (Å²) >= 11 is 1.78. The summed E-state index contributed by atoms with van der Waals surface area (Å²) in [6, 6.07) is 13.9. The molecule has 9 nitrogen and oxygen atoms in total. The van der Waals surface area contributed by atoms with Crippen LogP contribution in [0.5, 0.6) is 0 Å². The molecule has 0 saturated carbocycles. The smallest absolute Gasteiger partial charge is 0.257 e. The number of nitrogens with one attached hydrogen (secondary N) is 1. The zero-order valence-electron chi connectivity index (χ0n) is 21.3. The number of fused-ring (bicyclic) bond motifs is 1. The number of likely N-dealkylation sites (tertiary alicyclic amines) is 1. The number of hydrogen-bond donors (Lipinski definition) is 3. The van der Waals surface area contributed by atoms with E-state index in [-0.39, 0.29) is 17.9 Å². The number of amides is 2. The topological polar surface area (TPSA) is 111 Å². The number of anilines is 1. The van der Waals surface area contributed by atoms with Crippen molar-refractivity contribution in [2.75, 3.05) is 43.0 Å². The first-order valence-corrected chi connectivity index (χ1v) is 14.1. The lowest BCUT2D eigenvalue weighted by Crippen LogP contribution is -2.50. The van der Waals surface area contributed by atoms with Crippen LogP contribution < -0.4 is 5.32 Å². The third kappa shape index (κ3) is 5.22. The minimum Gasteiger partial charge on any atom is -0.349 e. The van der Waals surface area contributed by atoms with Gasteiger partial charge in [-0.3, -0.25) is 14.9 Å². The number of rotatable bonds is 6. The lowest BCUT2D eigenvalue weighted by atomic mass is 10.1. The normalized spacial score (nSPS) is 19.2. The number of carbonyl (C=O) groups excluding carboxylic acids is 2. The van der Waals surface area contributed by atoms with E-state index in [4.69, 9.17) is 4.98 Å². The molecule has 5 rings (SSSR count). The maximum Gasteiger partial charge on any atom is 0.257 e. The number of carbonyl (C=O) groups is 2. The van der Waals surface area contributed by atoms with Crippen LogP contribution in [-0.2, 0) is 10.7 Å². The average Bonchev–Trinajstić information content (AvgIpc) is 3.13. The minimum atomic E-state index is -2.22. The summed E-state index contributed by atoms with van der Waals surface area (Å²) in [6.07, 6.45) is 3.76. The fourth-order valence-electron chi connectivity index (χ4n) is 5.33. The van der Waals surface area contributed by atoms with Gasteiger partial charge in [-0.1, -0.05) is 30.8 Å². The predicted octanol–water partition coefficient (Wildman–Crippen LogP) is 3.17. The molecule has 0 bridgehead atoms. The molecule has 200 valence electrons. The Bertz CT molecular complexity index is 1320. The standard InChI is InChI=1S/C28H33N5O4S/c1-2-24(34)31-14-7-6-11-21(19-31)33-25-22(28(36,37)32-15-17-38-18-16-32)12-8-13-23(25)29-27(33)30-26(35)20-9-4-3-5-10-20/h2-5,8-10,12-13,21,36-37H,1,6-7,11,14-19H2,(H,29,30,35). The Kier molecular flexibility index (Phi) is 7.85. The Morgan fingerprint density at radius 3 is 2.55 bits per heavy atom. The van der Waals surface area contributed by atoms with Gasteiger partial charge in [-0.25, -0.2) is 9.88 Å². The van der Waals surface area contributed by atoms with E-state index in [1.807, 2.05) is 10.6 Å². The van der Waals surface area contributed by atoms with Gasteiger partial charge in [0.1, 0.15) is 0 Å². The SMILES string of the molecule is C=CC(=O)N1CCCCC(n2c(NC(=O)c3ccccc3)nc3cccc(C(O)(O)N4CCSCC4)c32)C1. The molecule has 0 radical (unpaired) electrons. The lowest BCUT2D eigenvalue weighted by Gasteiger charge is -2.38. The molecular formula is C28H33N5O4S. The zero-order valence-corrected chi connectivity index (χ0v) is 22.1. The molecule has 2 amide bonds. The predicted molar refractivity (Wildman–Crippen MR) is 149 cm³/mol. The van der Waals surface area contributed by atoms with Gasteiger partial charge in [-0.05, 0) is 49.6 Å². The fourth-order valence-corrected chi connectivity index (χ4v) is 6.23. The lowest BCUT2D eigenvalue weighted by molar-refractivity contribution is -0.272. The molecular weight excluding hydrogens is 502 g/mol. The highest BCUT2D eigenvalue weighted by Gasteiger charge is 2.39. The van der Waals surface area contributed by atoms with Crippen molar-refractivity contribution < 1.29 is 19.8 Å². The number of benzene rings is 2. The molecule has 0 aliphatic carbocycles. The number of imidazole rings is 1. The molecule has 1 aromatic heterocycles. The third-order valence-corrected chi connectivity index (χ3v) is 8.23. The van der Waals surface area contributed by atoms with Crippen molar-refractivity contribution in [3.05, 3.63) is 72.3 Å². The van der Waals surface area contributed by atoms with Gasteiger partial charge in [0.15, 0.2) is 0 Å². The van der Waals surface area contributed by atoms with Crippen molar-refractivity contribution in [3.8, 4) is 0 Å². The van der Waals surface area contributed by atoms with Crippen LogP contribution in [0.25, 0.3) is 11.0 Å². The quantitative estimate of drug-likeness (QED) is 0.328. The highest BCUT2D eigenvalue weighted by Crippen LogP contribution is 2.37. The van der Waals surface area contributed by atoms with Crippen molar-refractivity contribution in [3.63, 3.8) is 0 Å². The molecule has 2 saturated heterocycles. The van der Waals surface area contributed by atoms with Crippen LogP contribution in [0.2, 0.25) is 0 Å². The van der Waals surface area contributed by atoms with E-state index in [1.165, 1.54) is 6.08 Å². The van der Waals surface area contributed by atoms with E-state index < -0.39 is 5.91 Å². The molecule has 2 aliphatic rings. The van der Waals surface area contributed by atoms with Crippen molar-refractivity contribution in [1.29, 1.82) is 0 Å². The van der Waals surface area contributed by atoms with E-state index in [9.17, 15) is 19.8 Å². The van der Waals surface area contributed by atoms with Gasteiger partial charge < -0.3 is 19.7 Å². The first-order valence-electron chi connectivity index (χ1n) is 13.0. The third-order valence-electron chi connectivity index (χ3n) is 7.28. The minimum absolute atomic E-state index is 0.152. The van der Waals surface area contributed by atoms with Gasteiger partial charge in [-0.2, -0.15) is 11.8 Å². The number of nitrogens with zero attached hydrogens (tertiary/aromatic N) is 4. The molecule has 3 aromatic rings. The molecule has 38 heavy (non-hydrogen) atoms. The Morgan fingerprint density at radius 2 is 1.82 bits per heavy atom. The second-order valence-corrected chi connectivity index (χ2v) is 10.9. The maximum absolute atomic E-state index is 13.2. The molecule has 3 heterocycles. The molecule has 2 aromatic carbocycles. The monoisotopic (exact) mass is 535 g/mol. The second kappa shape index (κ2) is 11.3. The molecule has 2 aliphatic heterocycles. The van der Waals surface area contributed by atoms with Crippen LogP contribution in [0.3, 0.4) is 0 Å². The molecule has 0 spiro atoms. The Morgan fingerprint density at radius 1 is 1.05 bits per heavy atom. The number of aliphatic hydroxyl groups is 2. The van der Waals surface area contributed by atoms with E-state index in [0.29, 0.717) is 54.3 Å². The maximum atomic E-state index is 13.2. The van der Waals surface area contributed by atoms with E-state index in [1.54, 1.807) is 64.0 Å². The van der Waals surface area contributed by atoms with E-state index in [0.717, 1.165) is 30.8 Å². The summed E-state index contributed by atoms with van der Waals surface area (Å²) in [6.45, 7) is 5.72. The molecule has 10 heteroatoms. The van der Waals surface area contributed by atoms with Gasteiger partial charge in [0, 0.05) is 43.2 Å². The molecule has 2 fully saturated rings. The van der Waals surface area contributed by atoms with Crippen LogP contribution in [0.1, 0.15) is 41.2 Å². The summed E-state index contributed by atoms with van der Waals surface area (Å²) in [4.78, 5) is 34.0. The summed E-state index contributed by atoms with van der Waals surface area (Å²) in [7, 11) is 0. The van der Waals surface area contributed by atoms with Crippen LogP contribution in [0, 0.1) is 0 Å². The summed E-state index contributed by atoms with van der Waals surface area (Å²) in [5.41, 5.74) is 1.87. The summed E-state index contributed by atoms with van der Waals surface area (Å²) < 4.78 is 1.89. The van der Waals surface area contributed by atoms with Crippen LogP contribution in [-0.4, -0.2) is 79.1 Å². The van der Waals surface area contributed by atoms with Crippen LogP contribution in [0.15, 0.2) is 61.2 Å². The van der Waals surface area contributed by atoms with Crippen molar-refractivity contribution in [1.82, 2.24) is 19.4 Å². The van der Waals surface area contributed by atoms with Crippen molar-refractivity contribution in [2.24, 2.45) is 0 Å². The highest BCUT2D eigenvalue weighted by atomic mass is 32.2. The summed E-state index contributed by atoms with van der Waals surface area (Å²) in [5, 5.41) is 26.0. The largest absolute Gasteiger partial charge is 0.349 e. The second-order valence-electron chi connectivity index (χ2n) is 9.67. The number of thioether (sulfide) groups is 1. The van der Waals surface area contributed by atoms with Gasteiger partial charge in [0.25, 0.3) is 11.8 Å².